The first-order chi connectivity index (χ1) is 28.9. The minimum Gasteiger partial charge on any atom is -0.462 e. The minimum atomic E-state index is -0.733. The first kappa shape index (κ1) is 46.5. The lowest BCUT2D eigenvalue weighted by atomic mass is 9.85. The molecule has 2 saturated carbocycles. The molecule has 7 rings (SSSR count). The summed E-state index contributed by atoms with van der Waals surface area (Å²) >= 11 is 0. The van der Waals surface area contributed by atoms with E-state index >= 15 is 0 Å². The monoisotopic (exact) mass is 856 g/mol. The summed E-state index contributed by atoms with van der Waals surface area (Å²) in [6, 6.07) is 0. The van der Waals surface area contributed by atoms with E-state index in [0.29, 0.717) is 37.5 Å². The highest BCUT2D eigenvalue weighted by molar-refractivity contribution is 5.71. The van der Waals surface area contributed by atoms with Crippen LogP contribution in [0.4, 0.5) is 0 Å². The molecule has 5 aliphatic heterocycles. The molecule has 7 fully saturated rings. The standard InChI is InChI=1S/C44H72O16/c1-21-11-27(21)33-15-25-13-29(59-43-41(51-9)39(49-7)35(47-5)19-53-43)23(3)32(55-25)18-38(46)58-34(28-12-22(28)2)16-26-14-30(24(4)31(56-26)17-37(45)57-33)60-44-42(52-10)40(50-8)36(48-6)20-54-44/h21-36,39-44H,11-20H2,1-10H3/t21-,22-,23-,24-,25?,26?,27-,28-,29+,30+,31+,32+,33+,34+,35-,36-,39+,40+,41-,42-,43?,44?/m1/s1. The number of hydrogen-bond donors (Lipinski definition) is 0. The summed E-state index contributed by atoms with van der Waals surface area (Å²) in [5.74, 6) is 0.143. The third-order valence-electron chi connectivity index (χ3n) is 14.7. The van der Waals surface area contributed by atoms with Gasteiger partial charge in [-0.15, -0.1) is 0 Å². The molecule has 16 nitrogen and oxygen atoms in total. The molecule has 0 aromatic carbocycles. The second kappa shape index (κ2) is 20.5. The third-order valence-corrected chi connectivity index (χ3v) is 14.7. The van der Waals surface area contributed by atoms with Crippen molar-refractivity contribution in [3.63, 3.8) is 0 Å². The van der Waals surface area contributed by atoms with Crippen LogP contribution < -0.4 is 0 Å². The first-order valence-corrected chi connectivity index (χ1v) is 22.3. The van der Waals surface area contributed by atoms with E-state index in [4.69, 9.17) is 66.3 Å². The van der Waals surface area contributed by atoms with Crippen LogP contribution in [0.15, 0.2) is 0 Å². The Morgan fingerprint density at radius 3 is 1.13 bits per heavy atom. The van der Waals surface area contributed by atoms with Gasteiger partial charge < -0.3 is 66.3 Å². The van der Waals surface area contributed by atoms with Crippen molar-refractivity contribution >= 4 is 11.9 Å². The average molecular weight is 857 g/mol. The van der Waals surface area contributed by atoms with Crippen molar-refractivity contribution in [2.24, 2.45) is 35.5 Å². The van der Waals surface area contributed by atoms with Gasteiger partial charge in [-0.2, -0.15) is 0 Å². The maximum Gasteiger partial charge on any atom is 0.308 e. The fourth-order valence-electron chi connectivity index (χ4n) is 10.6. The number of hydrogen-bond acceptors (Lipinski definition) is 16. The summed E-state index contributed by atoms with van der Waals surface area (Å²) in [6.45, 7) is 8.99. The molecule has 4 bridgehead atoms. The zero-order valence-corrected chi connectivity index (χ0v) is 37.3. The van der Waals surface area contributed by atoms with Gasteiger partial charge in [-0.1, -0.05) is 27.7 Å². The van der Waals surface area contributed by atoms with Crippen LogP contribution in [0, 0.1) is 35.5 Å². The molecular formula is C44H72O16. The Kier molecular flexibility index (Phi) is 15.9. The van der Waals surface area contributed by atoms with E-state index in [1.54, 1.807) is 42.7 Å². The van der Waals surface area contributed by atoms with E-state index in [-0.39, 0.29) is 110 Å². The highest BCUT2D eigenvalue weighted by Gasteiger charge is 2.52. The summed E-state index contributed by atoms with van der Waals surface area (Å²) in [4.78, 5) is 28.2. The summed E-state index contributed by atoms with van der Waals surface area (Å²) in [5, 5.41) is 0. The van der Waals surface area contributed by atoms with Crippen molar-refractivity contribution in [1.82, 2.24) is 0 Å². The lowest BCUT2D eigenvalue weighted by Gasteiger charge is -2.46. The fourth-order valence-corrected chi connectivity index (χ4v) is 10.6. The maximum absolute atomic E-state index is 14.1. The van der Waals surface area contributed by atoms with Gasteiger partial charge in [0.1, 0.15) is 48.8 Å². The van der Waals surface area contributed by atoms with Crippen molar-refractivity contribution in [3.8, 4) is 0 Å². The number of cyclic esters (lactones) is 2. The van der Waals surface area contributed by atoms with Crippen molar-refractivity contribution in [1.29, 1.82) is 0 Å². The van der Waals surface area contributed by atoms with Crippen molar-refractivity contribution in [3.05, 3.63) is 0 Å². The Balaban J connectivity index is 1.13. The fraction of sp³-hybridized carbons (Fsp3) is 0.955. The molecule has 22 atom stereocenters. The number of rotatable bonds is 12. The number of carbonyl (C=O) groups is 2. The van der Waals surface area contributed by atoms with E-state index in [0.717, 1.165) is 12.8 Å². The van der Waals surface area contributed by atoms with E-state index in [1.807, 2.05) is 13.8 Å². The number of ether oxygens (including phenoxy) is 14. The third kappa shape index (κ3) is 10.5. The van der Waals surface area contributed by atoms with Gasteiger partial charge in [-0.25, -0.2) is 0 Å². The van der Waals surface area contributed by atoms with E-state index < -0.39 is 49.2 Å². The minimum absolute atomic E-state index is 0.0442. The van der Waals surface area contributed by atoms with Crippen LogP contribution in [0.2, 0.25) is 0 Å². The van der Waals surface area contributed by atoms with Crippen LogP contribution in [0.5, 0.6) is 0 Å². The van der Waals surface area contributed by atoms with Gasteiger partial charge in [0.05, 0.1) is 62.7 Å². The second-order valence-corrected chi connectivity index (χ2v) is 18.6. The Morgan fingerprint density at radius 1 is 0.450 bits per heavy atom. The lowest BCUT2D eigenvalue weighted by molar-refractivity contribution is -0.309. The summed E-state index contributed by atoms with van der Waals surface area (Å²) in [5.41, 5.74) is 0. The largest absolute Gasteiger partial charge is 0.462 e. The van der Waals surface area contributed by atoms with Crippen LogP contribution >= 0.6 is 0 Å². The van der Waals surface area contributed by atoms with Crippen molar-refractivity contribution in [2.45, 2.75) is 177 Å². The van der Waals surface area contributed by atoms with Gasteiger partial charge >= 0.3 is 11.9 Å². The van der Waals surface area contributed by atoms with Crippen LogP contribution in [0.3, 0.4) is 0 Å². The quantitative estimate of drug-likeness (QED) is 0.260. The molecule has 5 saturated heterocycles. The highest BCUT2D eigenvalue weighted by atomic mass is 16.7. The van der Waals surface area contributed by atoms with Crippen LogP contribution in [0.1, 0.15) is 79.1 Å². The van der Waals surface area contributed by atoms with E-state index in [2.05, 4.69) is 13.8 Å². The topological polar surface area (TPSA) is 163 Å². The summed E-state index contributed by atoms with van der Waals surface area (Å²) in [7, 11) is 9.70. The second-order valence-electron chi connectivity index (χ2n) is 18.6. The molecule has 344 valence electrons. The first-order valence-electron chi connectivity index (χ1n) is 22.3. The predicted octanol–water partition coefficient (Wildman–Crippen LogP) is 3.86. The van der Waals surface area contributed by atoms with Gasteiger partial charge in [0.25, 0.3) is 0 Å². The van der Waals surface area contributed by atoms with Gasteiger partial charge in [0.15, 0.2) is 12.6 Å². The molecule has 16 heteroatoms. The lowest BCUT2D eigenvalue weighted by Crippen LogP contribution is -2.58. The normalized spacial score (nSPS) is 49.1. The van der Waals surface area contributed by atoms with E-state index in [9.17, 15) is 9.59 Å². The Hall–Kier alpha value is -1.54. The molecule has 2 aliphatic carbocycles. The van der Waals surface area contributed by atoms with Crippen LogP contribution in [0.25, 0.3) is 0 Å². The van der Waals surface area contributed by atoms with Crippen molar-refractivity contribution < 1.29 is 75.9 Å². The molecule has 0 radical (unpaired) electrons. The molecule has 0 aromatic heterocycles. The number of fused-ring (bicyclic) bond motifs is 4. The van der Waals surface area contributed by atoms with Gasteiger partial charge in [0, 0.05) is 80.2 Å². The Bertz CT molecular complexity index is 1300. The van der Waals surface area contributed by atoms with Gasteiger partial charge in [-0.3, -0.25) is 9.59 Å². The Morgan fingerprint density at radius 2 is 0.817 bits per heavy atom. The van der Waals surface area contributed by atoms with Crippen LogP contribution in [-0.2, 0) is 75.9 Å². The predicted molar refractivity (Wildman–Crippen MR) is 212 cm³/mol. The molecule has 0 amide bonds. The zero-order chi connectivity index (χ0) is 42.8. The summed E-state index contributed by atoms with van der Waals surface area (Å²) in [6.07, 6.45) is -3.31. The molecule has 5 heterocycles. The average Bonchev–Trinajstić information content (AvgIpc) is 4.16. The molecule has 60 heavy (non-hydrogen) atoms. The van der Waals surface area contributed by atoms with E-state index in [1.165, 1.54) is 0 Å². The molecule has 7 aliphatic rings. The van der Waals surface area contributed by atoms with Crippen molar-refractivity contribution in [2.75, 3.05) is 55.9 Å². The zero-order valence-electron chi connectivity index (χ0n) is 37.3. The smallest absolute Gasteiger partial charge is 0.308 e. The number of carbonyl (C=O) groups excluding carboxylic acids is 2. The SMILES string of the molecule is CO[C@H]1[C@H](OC)COC(O[C@H]2CC3C[C@@H]([C@@H]4C[C@H]4C)OC(=O)C[C@@H]4OC(C[C@H](OC5OC[C@@H](OC)[C@H](OC)[C@H]5OC)[C@H]4C)C[C@@H]([C@@H]4C[C@H]4C)OC(=O)C[C@H](O3)[C@@H]2C)[C@@H]1OC. The van der Waals surface area contributed by atoms with Gasteiger partial charge in [0.2, 0.25) is 0 Å². The molecule has 0 spiro atoms. The Labute approximate surface area is 355 Å². The molecular weight excluding hydrogens is 784 g/mol. The number of methoxy groups -OCH3 is 6. The molecule has 0 aromatic rings. The molecule has 0 N–H and O–H groups in total. The van der Waals surface area contributed by atoms with Crippen LogP contribution in [-0.4, -0.2) is 166 Å². The summed E-state index contributed by atoms with van der Waals surface area (Å²) < 4.78 is 86.9. The molecule has 4 unspecified atom stereocenters. The van der Waals surface area contributed by atoms with Gasteiger partial charge in [-0.05, 0) is 36.5 Å². The maximum atomic E-state index is 14.1. The number of esters is 2. The highest BCUT2D eigenvalue weighted by Crippen LogP contribution is 2.47.